The van der Waals surface area contributed by atoms with Crippen LogP contribution in [0.5, 0.6) is 0 Å². The first-order chi connectivity index (χ1) is 8.78. The third kappa shape index (κ3) is 3.86. The zero-order chi connectivity index (χ0) is 12.8. The van der Waals surface area contributed by atoms with E-state index >= 15 is 0 Å². The number of nitrogens with one attached hydrogen (secondary N) is 2. The van der Waals surface area contributed by atoms with E-state index in [2.05, 4.69) is 21.6 Å². The fourth-order valence-corrected chi connectivity index (χ4v) is 2.40. The predicted molar refractivity (Wildman–Crippen MR) is 66.0 cm³/mol. The lowest BCUT2D eigenvalue weighted by molar-refractivity contribution is 0.185. The standard InChI is InChI=1S/C12H20N4O2/c13-4-7-16-5-1-10(2-6-16)14-12(17)15-11-3-8-18-9-11/h10-11H,1-3,5-9H2,(H2,14,15,17). The highest BCUT2D eigenvalue weighted by Crippen LogP contribution is 2.10. The second-order valence-electron chi connectivity index (χ2n) is 4.89. The summed E-state index contributed by atoms with van der Waals surface area (Å²) in [5.74, 6) is 0. The zero-order valence-electron chi connectivity index (χ0n) is 10.5. The topological polar surface area (TPSA) is 77.4 Å². The minimum Gasteiger partial charge on any atom is -0.379 e. The van der Waals surface area contributed by atoms with Crippen molar-refractivity contribution in [3.8, 4) is 6.07 Å². The summed E-state index contributed by atoms with van der Waals surface area (Å²) >= 11 is 0. The van der Waals surface area contributed by atoms with Crippen molar-refractivity contribution < 1.29 is 9.53 Å². The van der Waals surface area contributed by atoms with Gasteiger partial charge in [-0.15, -0.1) is 0 Å². The number of urea groups is 1. The average Bonchev–Trinajstić information content (AvgIpc) is 2.84. The molecule has 2 heterocycles. The molecule has 0 aromatic heterocycles. The molecule has 0 bridgehead atoms. The molecule has 0 aromatic carbocycles. The fourth-order valence-electron chi connectivity index (χ4n) is 2.40. The van der Waals surface area contributed by atoms with Crippen LogP contribution in [0.4, 0.5) is 4.79 Å². The first-order valence-corrected chi connectivity index (χ1v) is 6.52. The Morgan fingerprint density at radius 1 is 1.28 bits per heavy atom. The number of carbonyl (C=O) groups is 1. The van der Waals surface area contributed by atoms with Crippen molar-refractivity contribution >= 4 is 6.03 Å². The molecule has 2 aliphatic rings. The van der Waals surface area contributed by atoms with Crippen molar-refractivity contribution in [1.29, 1.82) is 5.26 Å². The second-order valence-corrected chi connectivity index (χ2v) is 4.89. The summed E-state index contributed by atoms with van der Waals surface area (Å²) in [7, 11) is 0. The van der Waals surface area contributed by atoms with Gasteiger partial charge in [0.05, 0.1) is 25.3 Å². The maximum atomic E-state index is 11.7. The molecule has 0 aromatic rings. The van der Waals surface area contributed by atoms with Crippen molar-refractivity contribution in [2.75, 3.05) is 32.8 Å². The van der Waals surface area contributed by atoms with E-state index in [0.29, 0.717) is 13.2 Å². The monoisotopic (exact) mass is 252 g/mol. The number of nitriles is 1. The van der Waals surface area contributed by atoms with Gasteiger partial charge in [-0.2, -0.15) is 5.26 Å². The molecule has 2 fully saturated rings. The number of nitrogens with zero attached hydrogens (tertiary/aromatic N) is 2. The average molecular weight is 252 g/mol. The number of hydrogen-bond donors (Lipinski definition) is 2. The summed E-state index contributed by atoms with van der Waals surface area (Å²) in [4.78, 5) is 13.8. The van der Waals surface area contributed by atoms with E-state index in [1.807, 2.05) is 0 Å². The first kappa shape index (κ1) is 13.1. The Morgan fingerprint density at radius 3 is 2.61 bits per heavy atom. The van der Waals surface area contributed by atoms with Crippen molar-refractivity contribution in [1.82, 2.24) is 15.5 Å². The highest BCUT2D eigenvalue weighted by atomic mass is 16.5. The number of likely N-dealkylation sites (tertiary alicyclic amines) is 1. The number of piperidine rings is 1. The summed E-state index contributed by atoms with van der Waals surface area (Å²) in [6, 6.07) is 2.44. The number of hydrogen-bond acceptors (Lipinski definition) is 4. The van der Waals surface area contributed by atoms with E-state index < -0.39 is 0 Å². The quantitative estimate of drug-likeness (QED) is 0.696. The van der Waals surface area contributed by atoms with Crippen LogP contribution in [0.1, 0.15) is 19.3 Å². The highest BCUT2D eigenvalue weighted by Gasteiger charge is 2.22. The maximum Gasteiger partial charge on any atom is 0.315 e. The molecule has 2 N–H and O–H groups in total. The Balaban J connectivity index is 1.64. The van der Waals surface area contributed by atoms with Crippen LogP contribution in [0.3, 0.4) is 0 Å². The summed E-state index contributed by atoms with van der Waals surface area (Å²) in [5.41, 5.74) is 0. The Kier molecular flexibility index (Phi) is 4.79. The van der Waals surface area contributed by atoms with Gasteiger partial charge in [-0.3, -0.25) is 4.90 Å². The molecule has 100 valence electrons. The van der Waals surface area contributed by atoms with E-state index in [0.717, 1.165) is 39.0 Å². The van der Waals surface area contributed by atoms with Crippen molar-refractivity contribution in [2.45, 2.75) is 31.3 Å². The van der Waals surface area contributed by atoms with Crippen molar-refractivity contribution in [3.63, 3.8) is 0 Å². The minimum atomic E-state index is -0.0933. The van der Waals surface area contributed by atoms with Gasteiger partial charge in [0.25, 0.3) is 0 Å². The van der Waals surface area contributed by atoms with Crippen LogP contribution >= 0.6 is 0 Å². The van der Waals surface area contributed by atoms with E-state index in [1.165, 1.54) is 0 Å². The normalized spacial score (nSPS) is 25.6. The summed E-state index contributed by atoms with van der Waals surface area (Å²) < 4.78 is 5.21. The minimum absolute atomic E-state index is 0.0933. The van der Waals surface area contributed by atoms with E-state index in [1.54, 1.807) is 0 Å². The SMILES string of the molecule is N#CCN1CCC(NC(=O)NC2CCOC2)CC1. The molecule has 1 atom stereocenters. The Bertz CT molecular complexity index is 315. The van der Waals surface area contributed by atoms with E-state index in [-0.39, 0.29) is 18.1 Å². The molecule has 2 aliphatic heterocycles. The largest absolute Gasteiger partial charge is 0.379 e. The van der Waals surface area contributed by atoms with Gasteiger partial charge in [-0.1, -0.05) is 0 Å². The Morgan fingerprint density at radius 2 is 2.00 bits per heavy atom. The number of amides is 2. The molecular formula is C12H20N4O2. The molecule has 2 saturated heterocycles. The van der Waals surface area contributed by atoms with Crippen molar-refractivity contribution in [2.24, 2.45) is 0 Å². The van der Waals surface area contributed by atoms with E-state index in [9.17, 15) is 4.79 Å². The zero-order valence-corrected chi connectivity index (χ0v) is 10.5. The van der Waals surface area contributed by atoms with Crippen LogP contribution in [0, 0.1) is 11.3 Å². The molecule has 0 spiro atoms. The summed E-state index contributed by atoms with van der Waals surface area (Å²) in [6.07, 6.45) is 2.72. The smallest absolute Gasteiger partial charge is 0.315 e. The van der Waals surface area contributed by atoms with Gasteiger partial charge in [-0.25, -0.2) is 4.79 Å². The summed E-state index contributed by atoms with van der Waals surface area (Å²) in [5, 5.41) is 14.5. The molecule has 2 amide bonds. The molecule has 0 saturated carbocycles. The molecule has 6 nitrogen and oxygen atoms in total. The number of carbonyl (C=O) groups excluding carboxylic acids is 1. The lowest BCUT2D eigenvalue weighted by Crippen LogP contribution is -2.50. The fraction of sp³-hybridized carbons (Fsp3) is 0.833. The Hall–Kier alpha value is -1.32. The van der Waals surface area contributed by atoms with Gasteiger partial charge in [0.1, 0.15) is 0 Å². The molecule has 1 unspecified atom stereocenters. The highest BCUT2D eigenvalue weighted by molar-refractivity contribution is 5.74. The molecule has 18 heavy (non-hydrogen) atoms. The molecule has 0 radical (unpaired) electrons. The van der Waals surface area contributed by atoms with E-state index in [4.69, 9.17) is 10.00 Å². The van der Waals surface area contributed by atoms with Gasteiger partial charge in [0.2, 0.25) is 0 Å². The Labute approximate surface area is 107 Å². The van der Waals surface area contributed by atoms with Gasteiger partial charge in [-0.05, 0) is 19.3 Å². The van der Waals surface area contributed by atoms with Crippen LogP contribution in [0.15, 0.2) is 0 Å². The maximum absolute atomic E-state index is 11.7. The predicted octanol–water partition coefficient (Wildman–Crippen LogP) is 0.0625. The van der Waals surface area contributed by atoms with Crippen molar-refractivity contribution in [3.05, 3.63) is 0 Å². The first-order valence-electron chi connectivity index (χ1n) is 6.52. The van der Waals surface area contributed by atoms with Gasteiger partial charge in [0.15, 0.2) is 0 Å². The molecule has 2 rings (SSSR count). The molecule has 6 heteroatoms. The number of ether oxygens (including phenoxy) is 1. The van der Waals surface area contributed by atoms with Crippen LogP contribution in [-0.4, -0.2) is 55.9 Å². The van der Waals surface area contributed by atoms with Crippen LogP contribution in [0.25, 0.3) is 0 Å². The van der Waals surface area contributed by atoms with Crippen LogP contribution in [0.2, 0.25) is 0 Å². The molecule has 0 aliphatic carbocycles. The third-order valence-electron chi connectivity index (χ3n) is 3.48. The lowest BCUT2D eigenvalue weighted by Gasteiger charge is -2.30. The third-order valence-corrected chi connectivity index (χ3v) is 3.48. The lowest BCUT2D eigenvalue weighted by atomic mass is 10.1. The van der Waals surface area contributed by atoms with Gasteiger partial charge >= 0.3 is 6.03 Å². The van der Waals surface area contributed by atoms with Crippen LogP contribution in [-0.2, 0) is 4.74 Å². The summed E-state index contributed by atoms with van der Waals surface area (Å²) in [6.45, 7) is 3.60. The second kappa shape index (κ2) is 6.57. The van der Waals surface area contributed by atoms with Crippen LogP contribution < -0.4 is 10.6 Å². The molecular weight excluding hydrogens is 232 g/mol. The van der Waals surface area contributed by atoms with Gasteiger partial charge < -0.3 is 15.4 Å². The van der Waals surface area contributed by atoms with Gasteiger partial charge in [0, 0.05) is 25.7 Å². The number of rotatable bonds is 3.